The highest BCUT2D eigenvalue weighted by Crippen LogP contribution is 2.37. The van der Waals surface area contributed by atoms with E-state index in [1.54, 1.807) is 36.4 Å². The van der Waals surface area contributed by atoms with Gasteiger partial charge in [0.1, 0.15) is 12.2 Å². The Labute approximate surface area is 202 Å². The van der Waals surface area contributed by atoms with E-state index in [1.165, 1.54) is 30.3 Å². The van der Waals surface area contributed by atoms with E-state index in [1.807, 2.05) is 0 Å². The van der Waals surface area contributed by atoms with Gasteiger partial charge < -0.3 is 4.74 Å². The normalized spacial score (nSPS) is 14.2. The molecule has 11 nitrogen and oxygen atoms in total. The van der Waals surface area contributed by atoms with E-state index in [0.29, 0.717) is 11.3 Å². The maximum absolute atomic E-state index is 12.8. The van der Waals surface area contributed by atoms with Gasteiger partial charge in [0.15, 0.2) is 0 Å². The zero-order valence-corrected chi connectivity index (χ0v) is 18.5. The molecule has 0 unspecified atom stereocenters. The quantitative estimate of drug-likeness (QED) is 0.224. The van der Waals surface area contributed by atoms with Gasteiger partial charge in [-0.1, -0.05) is 41.9 Å². The van der Waals surface area contributed by atoms with Gasteiger partial charge in [-0.2, -0.15) is 0 Å². The molecule has 0 aliphatic carbocycles. The van der Waals surface area contributed by atoms with Crippen molar-refractivity contribution in [2.24, 2.45) is 0 Å². The molecule has 2 amide bonds. The van der Waals surface area contributed by atoms with Crippen molar-refractivity contribution in [1.29, 1.82) is 0 Å². The third-order valence-electron chi connectivity index (χ3n) is 4.96. The molecule has 1 fully saturated rings. The average Bonchev–Trinajstić information content (AvgIpc) is 3.12. The number of carbonyl (C=O) groups is 2. The van der Waals surface area contributed by atoms with Crippen LogP contribution in [0.4, 0.5) is 17.1 Å². The largest absolute Gasteiger partial charge is 0.481 e. The Bertz CT molecular complexity index is 1390. The third-order valence-corrected chi connectivity index (χ3v) is 5.25. The van der Waals surface area contributed by atoms with Crippen molar-refractivity contribution in [3.8, 4) is 5.75 Å². The number of nitrogens with zero attached hydrogens (tertiary/aromatic N) is 3. The summed E-state index contributed by atoms with van der Waals surface area (Å²) in [4.78, 5) is 46.5. The molecule has 0 bridgehead atoms. The van der Waals surface area contributed by atoms with E-state index in [2.05, 4.69) is 5.43 Å². The summed E-state index contributed by atoms with van der Waals surface area (Å²) < 4.78 is 5.52. The molecule has 1 aliphatic rings. The highest BCUT2D eigenvalue weighted by molar-refractivity contribution is 6.33. The minimum atomic E-state index is -0.719. The number of amides is 2. The summed E-state index contributed by atoms with van der Waals surface area (Å²) >= 11 is 6.25. The average molecular weight is 495 g/mol. The van der Waals surface area contributed by atoms with Crippen LogP contribution in [-0.4, -0.2) is 21.7 Å². The summed E-state index contributed by atoms with van der Waals surface area (Å²) in [6, 6.07) is 16.5. The first kappa shape index (κ1) is 23.4. The van der Waals surface area contributed by atoms with Crippen molar-refractivity contribution >= 4 is 46.6 Å². The summed E-state index contributed by atoms with van der Waals surface area (Å²) in [5.74, 6) is -1.56. The fraction of sp³-hybridized carbons (Fsp3) is 0.0435. The number of benzene rings is 3. The lowest BCUT2D eigenvalue weighted by molar-refractivity contribution is -0.386. The third kappa shape index (κ3) is 4.94. The van der Waals surface area contributed by atoms with Crippen molar-refractivity contribution in [3.05, 3.63) is 109 Å². The van der Waals surface area contributed by atoms with Crippen molar-refractivity contribution < 1.29 is 24.2 Å². The molecule has 0 atom stereocenters. The van der Waals surface area contributed by atoms with Crippen LogP contribution in [0.15, 0.2) is 72.3 Å². The minimum absolute atomic E-state index is 0.137. The summed E-state index contributed by atoms with van der Waals surface area (Å²) in [5.41, 5.74) is 2.55. The Hall–Kier alpha value is -4.77. The second-order valence-corrected chi connectivity index (χ2v) is 7.71. The first-order valence-corrected chi connectivity index (χ1v) is 10.4. The lowest BCUT2D eigenvalue weighted by atomic mass is 10.1. The molecule has 3 aromatic rings. The molecular formula is C23H15ClN4O7. The molecule has 1 heterocycles. The second-order valence-electron chi connectivity index (χ2n) is 7.30. The minimum Gasteiger partial charge on any atom is -0.481 e. The first-order valence-electron chi connectivity index (χ1n) is 10.0. The van der Waals surface area contributed by atoms with Crippen molar-refractivity contribution in [1.82, 2.24) is 5.43 Å². The van der Waals surface area contributed by atoms with Crippen LogP contribution < -0.4 is 15.2 Å². The Balaban J connectivity index is 1.62. The van der Waals surface area contributed by atoms with Gasteiger partial charge in [-0.3, -0.25) is 35.2 Å². The van der Waals surface area contributed by atoms with E-state index >= 15 is 0 Å². The Morgan fingerprint density at radius 3 is 2.40 bits per heavy atom. The molecule has 12 heteroatoms. The van der Waals surface area contributed by atoms with E-state index in [9.17, 15) is 29.8 Å². The predicted molar refractivity (Wildman–Crippen MR) is 126 cm³/mol. The van der Waals surface area contributed by atoms with Gasteiger partial charge in [0.2, 0.25) is 5.75 Å². The van der Waals surface area contributed by atoms with Crippen LogP contribution >= 0.6 is 11.6 Å². The fourth-order valence-corrected chi connectivity index (χ4v) is 3.64. The zero-order chi connectivity index (χ0) is 25.1. The number of nitro groups is 2. The maximum Gasteiger partial charge on any atom is 0.313 e. The molecule has 1 saturated heterocycles. The standard InChI is InChI=1S/C23H15ClN4O7/c24-19-11-15(10-18-22(29)25-26(23(18)30)16-6-2-1-3-7-16)12-20(28(33)34)21(19)35-13-14-5-4-8-17(9-14)27(31)32/h1-12H,13H2,(H,25,29). The van der Waals surface area contributed by atoms with Crippen molar-refractivity contribution in [2.45, 2.75) is 6.61 Å². The zero-order valence-electron chi connectivity index (χ0n) is 17.7. The van der Waals surface area contributed by atoms with Crippen molar-refractivity contribution in [2.75, 3.05) is 5.01 Å². The SMILES string of the molecule is O=C1NN(c2ccccc2)C(=O)C1=Cc1cc(Cl)c(OCc2cccc([N+](=O)[O-])c2)c([N+](=O)[O-])c1. The first-order chi connectivity index (χ1) is 16.7. The molecule has 4 rings (SSSR count). The van der Waals surface area contributed by atoms with Crippen LogP contribution in [0.5, 0.6) is 5.75 Å². The van der Waals surface area contributed by atoms with Crippen LogP contribution in [0.25, 0.3) is 6.08 Å². The van der Waals surface area contributed by atoms with Gasteiger partial charge in [-0.15, -0.1) is 0 Å². The van der Waals surface area contributed by atoms with Crippen LogP contribution in [0, 0.1) is 20.2 Å². The van der Waals surface area contributed by atoms with Gasteiger partial charge in [0.25, 0.3) is 17.5 Å². The van der Waals surface area contributed by atoms with Crippen LogP contribution in [0.1, 0.15) is 11.1 Å². The van der Waals surface area contributed by atoms with Crippen LogP contribution in [-0.2, 0) is 16.2 Å². The van der Waals surface area contributed by atoms with Gasteiger partial charge in [-0.25, -0.2) is 5.01 Å². The Morgan fingerprint density at radius 1 is 0.971 bits per heavy atom. The van der Waals surface area contributed by atoms with Gasteiger partial charge in [-0.05, 0) is 35.4 Å². The number of halogens is 1. The van der Waals surface area contributed by atoms with E-state index in [-0.39, 0.29) is 34.2 Å². The van der Waals surface area contributed by atoms with E-state index < -0.39 is 27.3 Å². The summed E-state index contributed by atoms with van der Waals surface area (Å²) in [7, 11) is 0. The molecule has 0 saturated carbocycles. The summed E-state index contributed by atoms with van der Waals surface area (Å²) in [6.45, 7) is -0.213. The Kier molecular flexibility index (Phi) is 6.42. The van der Waals surface area contributed by atoms with Gasteiger partial charge in [0, 0.05) is 18.2 Å². The molecule has 0 radical (unpaired) electrons. The lowest BCUT2D eigenvalue weighted by Crippen LogP contribution is -2.35. The van der Waals surface area contributed by atoms with Gasteiger partial charge in [0.05, 0.1) is 20.6 Å². The smallest absolute Gasteiger partial charge is 0.313 e. The lowest BCUT2D eigenvalue weighted by Gasteiger charge is -2.13. The van der Waals surface area contributed by atoms with Crippen LogP contribution in [0.2, 0.25) is 5.02 Å². The van der Waals surface area contributed by atoms with E-state index in [4.69, 9.17) is 16.3 Å². The number of hydrazine groups is 1. The molecule has 0 aromatic heterocycles. The number of para-hydroxylation sites is 1. The number of nitro benzene ring substituents is 2. The van der Waals surface area contributed by atoms with E-state index in [0.717, 1.165) is 11.1 Å². The summed E-state index contributed by atoms with van der Waals surface area (Å²) in [5, 5.41) is 23.6. The second kappa shape index (κ2) is 9.61. The fourth-order valence-electron chi connectivity index (χ4n) is 3.36. The molecule has 1 N–H and O–H groups in total. The number of rotatable bonds is 7. The molecule has 35 heavy (non-hydrogen) atoms. The molecule has 1 aliphatic heterocycles. The number of hydrogen-bond acceptors (Lipinski definition) is 7. The van der Waals surface area contributed by atoms with Crippen molar-refractivity contribution in [3.63, 3.8) is 0 Å². The molecule has 3 aromatic carbocycles. The topological polar surface area (TPSA) is 145 Å². The molecule has 176 valence electrons. The number of non-ortho nitro benzene ring substituents is 1. The Morgan fingerprint density at radius 2 is 1.71 bits per heavy atom. The highest BCUT2D eigenvalue weighted by Gasteiger charge is 2.34. The maximum atomic E-state index is 12.8. The number of anilines is 1. The monoisotopic (exact) mass is 494 g/mol. The highest BCUT2D eigenvalue weighted by atomic mass is 35.5. The number of nitrogens with one attached hydrogen (secondary N) is 1. The van der Waals surface area contributed by atoms with Crippen LogP contribution in [0.3, 0.4) is 0 Å². The number of hydrogen-bond donors (Lipinski definition) is 1. The number of ether oxygens (including phenoxy) is 1. The van der Waals surface area contributed by atoms with Gasteiger partial charge >= 0.3 is 5.69 Å². The molecular weight excluding hydrogens is 480 g/mol. The summed E-state index contributed by atoms with van der Waals surface area (Å²) in [6.07, 6.45) is 1.20. The number of carbonyl (C=O) groups excluding carboxylic acids is 2. The molecule has 0 spiro atoms. The predicted octanol–water partition coefficient (Wildman–Crippen LogP) is 4.20.